The number of aromatic nitrogens is 1. The van der Waals surface area contributed by atoms with Crippen molar-refractivity contribution >= 4 is 5.97 Å². The SMILES string of the molecule is CCOC(=O)c1c(C)ccn1CC1COc2ccccc21. The second kappa shape index (κ2) is 5.64. The van der Waals surface area contributed by atoms with E-state index in [2.05, 4.69) is 6.07 Å². The van der Waals surface area contributed by atoms with E-state index in [-0.39, 0.29) is 11.9 Å². The van der Waals surface area contributed by atoms with Crippen LogP contribution in [0.2, 0.25) is 0 Å². The van der Waals surface area contributed by atoms with Gasteiger partial charge in [0.05, 0.1) is 13.2 Å². The highest BCUT2D eigenvalue weighted by molar-refractivity contribution is 5.89. The number of para-hydroxylation sites is 1. The average Bonchev–Trinajstić information content (AvgIpc) is 3.04. The molecule has 1 atom stereocenters. The zero-order valence-corrected chi connectivity index (χ0v) is 12.3. The van der Waals surface area contributed by atoms with Crippen LogP contribution in [0, 0.1) is 6.92 Å². The summed E-state index contributed by atoms with van der Waals surface area (Å²) < 4.78 is 12.8. The Hall–Kier alpha value is -2.23. The average molecular weight is 285 g/mol. The third-order valence-electron chi connectivity index (χ3n) is 3.85. The molecule has 21 heavy (non-hydrogen) atoms. The molecule has 2 heterocycles. The minimum absolute atomic E-state index is 0.257. The fraction of sp³-hybridized carbons (Fsp3) is 0.353. The lowest BCUT2D eigenvalue weighted by Crippen LogP contribution is -2.17. The summed E-state index contributed by atoms with van der Waals surface area (Å²) in [7, 11) is 0. The lowest BCUT2D eigenvalue weighted by molar-refractivity contribution is 0.0512. The molecule has 2 aromatic rings. The van der Waals surface area contributed by atoms with Crippen LogP contribution < -0.4 is 4.74 Å². The molecule has 1 aliphatic rings. The van der Waals surface area contributed by atoms with Crippen molar-refractivity contribution in [3.8, 4) is 5.75 Å². The summed E-state index contributed by atoms with van der Waals surface area (Å²) in [6, 6.07) is 10.0. The fourth-order valence-electron chi connectivity index (χ4n) is 2.83. The maximum atomic E-state index is 12.1. The predicted molar refractivity (Wildman–Crippen MR) is 79.8 cm³/mol. The van der Waals surface area contributed by atoms with Crippen LogP contribution in [0.4, 0.5) is 0 Å². The molecule has 0 saturated heterocycles. The first-order valence-corrected chi connectivity index (χ1v) is 7.25. The second-order valence-electron chi connectivity index (χ2n) is 5.27. The maximum Gasteiger partial charge on any atom is 0.355 e. The largest absolute Gasteiger partial charge is 0.493 e. The number of fused-ring (bicyclic) bond motifs is 1. The molecule has 0 amide bonds. The van der Waals surface area contributed by atoms with Gasteiger partial charge in [0.25, 0.3) is 0 Å². The molecule has 110 valence electrons. The van der Waals surface area contributed by atoms with E-state index >= 15 is 0 Å². The van der Waals surface area contributed by atoms with Gasteiger partial charge in [0, 0.05) is 24.2 Å². The van der Waals surface area contributed by atoms with E-state index in [0.717, 1.165) is 17.9 Å². The zero-order valence-electron chi connectivity index (χ0n) is 12.3. The predicted octanol–water partition coefficient (Wildman–Crippen LogP) is 3.15. The van der Waals surface area contributed by atoms with E-state index in [1.54, 1.807) is 0 Å². The number of ether oxygens (including phenoxy) is 2. The molecule has 1 aromatic carbocycles. The highest BCUT2D eigenvalue weighted by Crippen LogP contribution is 2.34. The molecule has 0 aliphatic carbocycles. The highest BCUT2D eigenvalue weighted by Gasteiger charge is 2.26. The van der Waals surface area contributed by atoms with E-state index in [4.69, 9.17) is 9.47 Å². The van der Waals surface area contributed by atoms with E-state index < -0.39 is 0 Å². The number of nitrogens with zero attached hydrogens (tertiary/aromatic N) is 1. The van der Waals surface area contributed by atoms with Gasteiger partial charge in [0.15, 0.2) is 0 Å². The number of hydrogen-bond acceptors (Lipinski definition) is 3. The molecule has 1 aliphatic heterocycles. The Kier molecular flexibility index (Phi) is 3.69. The number of rotatable bonds is 4. The minimum atomic E-state index is -0.257. The molecule has 0 N–H and O–H groups in total. The molecule has 0 spiro atoms. The van der Waals surface area contributed by atoms with E-state index in [1.807, 2.05) is 48.9 Å². The molecule has 1 unspecified atom stereocenters. The van der Waals surface area contributed by atoms with Crippen molar-refractivity contribution in [2.75, 3.05) is 13.2 Å². The Balaban J connectivity index is 1.85. The van der Waals surface area contributed by atoms with Crippen molar-refractivity contribution in [1.82, 2.24) is 4.57 Å². The van der Waals surface area contributed by atoms with Crippen LogP contribution in [0.5, 0.6) is 5.75 Å². The number of esters is 1. The highest BCUT2D eigenvalue weighted by atomic mass is 16.5. The molecule has 3 rings (SSSR count). The van der Waals surface area contributed by atoms with Gasteiger partial charge in [-0.05, 0) is 31.5 Å². The lowest BCUT2D eigenvalue weighted by atomic mass is 10.0. The van der Waals surface area contributed by atoms with Crippen molar-refractivity contribution < 1.29 is 14.3 Å². The van der Waals surface area contributed by atoms with Gasteiger partial charge in [-0.15, -0.1) is 0 Å². The molecule has 0 radical (unpaired) electrons. The number of aryl methyl sites for hydroxylation is 1. The van der Waals surface area contributed by atoms with Crippen LogP contribution in [0.15, 0.2) is 36.5 Å². The first-order valence-electron chi connectivity index (χ1n) is 7.25. The summed E-state index contributed by atoms with van der Waals surface area (Å²) in [6.45, 7) is 5.51. The van der Waals surface area contributed by atoms with Crippen LogP contribution in [0.25, 0.3) is 0 Å². The molecular weight excluding hydrogens is 266 g/mol. The Labute approximate surface area is 124 Å². The number of carbonyl (C=O) groups excluding carboxylic acids is 1. The van der Waals surface area contributed by atoms with Gasteiger partial charge in [0.1, 0.15) is 11.4 Å². The van der Waals surface area contributed by atoms with Gasteiger partial charge in [-0.3, -0.25) is 0 Å². The van der Waals surface area contributed by atoms with Crippen molar-refractivity contribution in [2.24, 2.45) is 0 Å². The third-order valence-corrected chi connectivity index (χ3v) is 3.85. The fourth-order valence-corrected chi connectivity index (χ4v) is 2.83. The van der Waals surface area contributed by atoms with Crippen molar-refractivity contribution in [2.45, 2.75) is 26.3 Å². The number of carbonyl (C=O) groups is 1. The molecule has 0 fully saturated rings. The summed E-state index contributed by atoms with van der Waals surface area (Å²) >= 11 is 0. The summed E-state index contributed by atoms with van der Waals surface area (Å²) in [4.78, 5) is 12.1. The van der Waals surface area contributed by atoms with Crippen LogP contribution in [0.1, 0.15) is 34.5 Å². The molecular formula is C17H19NO3. The third kappa shape index (κ3) is 2.53. The Morgan fingerprint density at radius 1 is 1.38 bits per heavy atom. The van der Waals surface area contributed by atoms with Crippen molar-refractivity contribution in [3.63, 3.8) is 0 Å². The molecule has 0 bridgehead atoms. The van der Waals surface area contributed by atoms with E-state index in [1.165, 1.54) is 5.56 Å². The van der Waals surface area contributed by atoms with Gasteiger partial charge in [0.2, 0.25) is 0 Å². The first-order chi connectivity index (χ1) is 10.2. The summed E-state index contributed by atoms with van der Waals surface area (Å²) in [5, 5.41) is 0. The quantitative estimate of drug-likeness (QED) is 0.810. The molecule has 4 nitrogen and oxygen atoms in total. The number of hydrogen-bond donors (Lipinski definition) is 0. The van der Waals surface area contributed by atoms with Crippen molar-refractivity contribution in [3.05, 3.63) is 53.3 Å². The van der Waals surface area contributed by atoms with Gasteiger partial charge >= 0.3 is 5.97 Å². The number of benzene rings is 1. The molecule has 1 aromatic heterocycles. The van der Waals surface area contributed by atoms with E-state index in [0.29, 0.717) is 18.9 Å². The Morgan fingerprint density at radius 2 is 2.19 bits per heavy atom. The van der Waals surface area contributed by atoms with Gasteiger partial charge < -0.3 is 14.0 Å². The maximum absolute atomic E-state index is 12.1. The van der Waals surface area contributed by atoms with Crippen LogP contribution >= 0.6 is 0 Å². The topological polar surface area (TPSA) is 40.5 Å². The summed E-state index contributed by atoms with van der Waals surface area (Å²) in [5.74, 6) is 0.956. The smallest absolute Gasteiger partial charge is 0.355 e. The summed E-state index contributed by atoms with van der Waals surface area (Å²) in [5.41, 5.74) is 2.79. The monoisotopic (exact) mass is 285 g/mol. The minimum Gasteiger partial charge on any atom is -0.493 e. The molecule has 0 saturated carbocycles. The lowest BCUT2D eigenvalue weighted by Gasteiger charge is -2.14. The standard InChI is InChI=1S/C17H19NO3/c1-3-20-17(19)16-12(2)8-9-18(16)10-13-11-21-15-7-5-4-6-14(13)15/h4-9,13H,3,10-11H2,1-2H3. The van der Waals surface area contributed by atoms with Crippen molar-refractivity contribution in [1.29, 1.82) is 0 Å². The van der Waals surface area contributed by atoms with Gasteiger partial charge in [-0.2, -0.15) is 0 Å². The van der Waals surface area contributed by atoms with Crippen LogP contribution in [0.3, 0.4) is 0 Å². The normalized spacial score (nSPS) is 16.4. The van der Waals surface area contributed by atoms with Crippen LogP contribution in [-0.4, -0.2) is 23.8 Å². The second-order valence-corrected chi connectivity index (χ2v) is 5.27. The summed E-state index contributed by atoms with van der Waals surface area (Å²) in [6.07, 6.45) is 1.95. The van der Waals surface area contributed by atoms with E-state index in [9.17, 15) is 4.79 Å². The molecule has 4 heteroatoms. The zero-order chi connectivity index (χ0) is 14.8. The first kappa shape index (κ1) is 13.7. The Morgan fingerprint density at radius 3 is 3.00 bits per heavy atom. The van der Waals surface area contributed by atoms with Crippen LogP contribution in [-0.2, 0) is 11.3 Å². The Bertz CT molecular complexity index is 660. The van der Waals surface area contributed by atoms with Gasteiger partial charge in [-0.25, -0.2) is 4.79 Å². The van der Waals surface area contributed by atoms with Gasteiger partial charge in [-0.1, -0.05) is 18.2 Å².